The zero-order valence-electron chi connectivity index (χ0n) is 11.4. The summed E-state index contributed by atoms with van der Waals surface area (Å²) in [7, 11) is 1.96. The van der Waals surface area contributed by atoms with Gasteiger partial charge in [-0.3, -0.25) is 4.79 Å². The second kappa shape index (κ2) is 5.21. The molecule has 0 bridgehead atoms. The van der Waals surface area contributed by atoms with E-state index in [9.17, 15) is 4.79 Å². The van der Waals surface area contributed by atoms with Gasteiger partial charge >= 0.3 is 0 Å². The van der Waals surface area contributed by atoms with Crippen LogP contribution >= 0.6 is 0 Å². The third-order valence-corrected chi connectivity index (χ3v) is 4.25. The molecular formula is C15H21N3O. The fraction of sp³-hybridized carbons (Fsp3) is 0.533. The quantitative estimate of drug-likeness (QED) is 0.855. The van der Waals surface area contributed by atoms with E-state index in [1.54, 1.807) is 0 Å². The molecule has 102 valence electrons. The molecule has 1 aromatic carbocycles. The molecule has 0 aromatic heterocycles. The Hall–Kier alpha value is -1.55. The molecule has 19 heavy (non-hydrogen) atoms. The zero-order chi connectivity index (χ0) is 13.2. The third-order valence-electron chi connectivity index (χ3n) is 4.25. The summed E-state index contributed by atoms with van der Waals surface area (Å²) in [6.07, 6.45) is 2.14. The zero-order valence-corrected chi connectivity index (χ0v) is 11.4. The molecule has 2 saturated heterocycles. The van der Waals surface area contributed by atoms with Crippen LogP contribution in [0.2, 0.25) is 0 Å². The highest BCUT2D eigenvalue weighted by Gasteiger charge is 2.40. The molecule has 4 heteroatoms. The lowest BCUT2D eigenvalue weighted by Gasteiger charge is -2.37. The van der Waals surface area contributed by atoms with E-state index in [0.717, 1.165) is 32.5 Å². The molecule has 2 aliphatic heterocycles. The molecular weight excluding hydrogens is 238 g/mol. The van der Waals surface area contributed by atoms with Gasteiger partial charge in [0.2, 0.25) is 5.91 Å². The molecule has 1 amide bonds. The van der Waals surface area contributed by atoms with E-state index in [0.29, 0.717) is 6.04 Å². The topological polar surface area (TPSA) is 44.4 Å². The Bertz CT molecular complexity index is 457. The van der Waals surface area contributed by atoms with Gasteiger partial charge in [-0.1, -0.05) is 12.1 Å². The number of amides is 1. The third kappa shape index (κ3) is 2.32. The second-order valence-electron chi connectivity index (χ2n) is 5.45. The summed E-state index contributed by atoms with van der Waals surface area (Å²) in [5.41, 5.74) is 2.53. The van der Waals surface area contributed by atoms with Gasteiger partial charge in [-0.05, 0) is 37.6 Å². The fourth-order valence-corrected chi connectivity index (χ4v) is 3.28. The van der Waals surface area contributed by atoms with Crippen molar-refractivity contribution in [1.29, 1.82) is 0 Å². The molecule has 1 aromatic rings. The highest BCUT2D eigenvalue weighted by atomic mass is 16.2. The largest absolute Gasteiger partial charge is 0.366 e. The Morgan fingerprint density at radius 2 is 2.16 bits per heavy atom. The Morgan fingerprint density at radius 1 is 1.37 bits per heavy atom. The highest BCUT2D eigenvalue weighted by molar-refractivity contribution is 5.83. The predicted molar refractivity (Wildman–Crippen MR) is 76.1 cm³/mol. The van der Waals surface area contributed by atoms with E-state index in [-0.39, 0.29) is 11.8 Å². The Balaban J connectivity index is 1.79. The first kappa shape index (κ1) is 12.5. The summed E-state index contributed by atoms with van der Waals surface area (Å²) >= 11 is 0. The van der Waals surface area contributed by atoms with Gasteiger partial charge in [0.1, 0.15) is 0 Å². The SMILES string of the molecule is CNCc1ccc(N2CCCC3C(=O)NCC32)cc1. The minimum Gasteiger partial charge on any atom is -0.366 e. The van der Waals surface area contributed by atoms with E-state index >= 15 is 0 Å². The van der Waals surface area contributed by atoms with Gasteiger partial charge in [0.15, 0.2) is 0 Å². The van der Waals surface area contributed by atoms with Gasteiger partial charge in [0.05, 0.1) is 12.0 Å². The average Bonchev–Trinajstić information content (AvgIpc) is 2.82. The number of carbonyl (C=O) groups is 1. The van der Waals surface area contributed by atoms with Crippen molar-refractivity contribution in [2.45, 2.75) is 25.4 Å². The van der Waals surface area contributed by atoms with Crippen molar-refractivity contribution < 1.29 is 4.79 Å². The maximum absolute atomic E-state index is 11.8. The molecule has 2 fully saturated rings. The lowest BCUT2D eigenvalue weighted by molar-refractivity contribution is -0.122. The Kier molecular flexibility index (Phi) is 3.42. The second-order valence-corrected chi connectivity index (χ2v) is 5.45. The van der Waals surface area contributed by atoms with Crippen molar-refractivity contribution in [1.82, 2.24) is 10.6 Å². The van der Waals surface area contributed by atoms with Crippen molar-refractivity contribution in [3.63, 3.8) is 0 Å². The summed E-state index contributed by atoms with van der Waals surface area (Å²) in [6, 6.07) is 9.03. The molecule has 2 heterocycles. The summed E-state index contributed by atoms with van der Waals surface area (Å²) in [6.45, 7) is 2.75. The number of piperidine rings is 1. The van der Waals surface area contributed by atoms with Crippen LogP contribution in [0.1, 0.15) is 18.4 Å². The molecule has 0 spiro atoms. The fourth-order valence-electron chi connectivity index (χ4n) is 3.28. The van der Waals surface area contributed by atoms with Gasteiger partial charge < -0.3 is 15.5 Å². The molecule has 3 rings (SSSR count). The number of fused-ring (bicyclic) bond motifs is 1. The van der Waals surface area contributed by atoms with Gasteiger partial charge in [-0.2, -0.15) is 0 Å². The van der Waals surface area contributed by atoms with Crippen LogP contribution in [0, 0.1) is 5.92 Å². The van der Waals surface area contributed by atoms with Crippen LogP contribution in [0.15, 0.2) is 24.3 Å². The van der Waals surface area contributed by atoms with Crippen LogP contribution in [0.25, 0.3) is 0 Å². The summed E-state index contributed by atoms with van der Waals surface area (Å²) in [4.78, 5) is 14.2. The number of nitrogens with one attached hydrogen (secondary N) is 2. The van der Waals surface area contributed by atoms with Crippen LogP contribution < -0.4 is 15.5 Å². The average molecular weight is 259 g/mol. The van der Waals surface area contributed by atoms with Crippen LogP contribution in [0.4, 0.5) is 5.69 Å². The van der Waals surface area contributed by atoms with Crippen LogP contribution in [-0.4, -0.2) is 32.1 Å². The molecule has 2 unspecified atom stereocenters. The lowest BCUT2D eigenvalue weighted by Crippen LogP contribution is -2.45. The predicted octanol–water partition coefficient (Wildman–Crippen LogP) is 1.12. The number of carbonyl (C=O) groups excluding carboxylic acids is 1. The molecule has 4 nitrogen and oxygen atoms in total. The van der Waals surface area contributed by atoms with E-state index in [1.165, 1.54) is 11.3 Å². The smallest absolute Gasteiger partial charge is 0.225 e. The summed E-state index contributed by atoms with van der Waals surface area (Å²) in [5.74, 6) is 0.423. The molecule has 2 N–H and O–H groups in total. The van der Waals surface area contributed by atoms with E-state index < -0.39 is 0 Å². The first-order chi connectivity index (χ1) is 9.29. The molecule has 0 aliphatic carbocycles. The summed E-state index contributed by atoms with van der Waals surface area (Å²) in [5, 5.41) is 6.16. The summed E-state index contributed by atoms with van der Waals surface area (Å²) < 4.78 is 0. The van der Waals surface area contributed by atoms with Gasteiger partial charge in [-0.15, -0.1) is 0 Å². The highest BCUT2D eigenvalue weighted by Crippen LogP contribution is 2.31. The first-order valence-corrected chi connectivity index (χ1v) is 7.07. The van der Waals surface area contributed by atoms with Crippen molar-refractivity contribution in [3.8, 4) is 0 Å². The van der Waals surface area contributed by atoms with Crippen LogP contribution in [0.3, 0.4) is 0 Å². The van der Waals surface area contributed by atoms with Crippen molar-refractivity contribution in [2.24, 2.45) is 5.92 Å². The maximum Gasteiger partial charge on any atom is 0.225 e. The van der Waals surface area contributed by atoms with Crippen LogP contribution in [-0.2, 0) is 11.3 Å². The lowest BCUT2D eigenvalue weighted by atomic mass is 9.91. The maximum atomic E-state index is 11.8. The molecule has 2 aliphatic rings. The normalized spacial score (nSPS) is 26.2. The number of hydrogen-bond donors (Lipinski definition) is 2. The molecule has 0 saturated carbocycles. The van der Waals surface area contributed by atoms with Crippen molar-refractivity contribution in [2.75, 3.05) is 25.0 Å². The van der Waals surface area contributed by atoms with Gasteiger partial charge in [-0.25, -0.2) is 0 Å². The first-order valence-electron chi connectivity index (χ1n) is 7.07. The minimum atomic E-state index is 0.186. The van der Waals surface area contributed by atoms with E-state index in [1.807, 2.05) is 7.05 Å². The number of anilines is 1. The number of nitrogens with zero attached hydrogens (tertiary/aromatic N) is 1. The number of benzene rings is 1. The van der Waals surface area contributed by atoms with Gasteiger partial charge in [0, 0.05) is 25.3 Å². The molecule has 2 atom stereocenters. The van der Waals surface area contributed by atoms with E-state index in [2.05, 4.69) is 39.8 Å². The standard InChI is InChI=1S/C15H21N3O/c1-16-9-11-4-6-12(7-5-11)18-8-2-3-13-14(18)10-17-15(13)19/h4-7,13-14,16H,2-3,8-10H2,1H3,(H,17,19). The van der Waals surface area contributed by atoms with Crippen molar-refractivity contribution in [3.05, 3.63) is 29.8 Å². The Morgan fingerprint density at radius 3 is 2.89 bits per heavy atom. The number of hydrogen-bond acceptors (Lipinski definition) is 3. The number of rotatable bonds is 3. The van der Waals surface area contributed by atoms with Gasteiger partial charge in [0.25, 0.3) is 0 Å². The Labute approximate surface area is 114 Å². The molecule has 0 radical (unpaired) electrons. The van der Waals surface area contributed by atoms with Crippen LogP contribution in [0.5, 0.6) is 0 Å². The monoisotopic (exact) mass is 259 g/mol. The van der Waals surface area contributed by atoms with Crippen molar-refractivity contribution >= 4 is 11.6 Å². The minimum absolute atomic E-state index is 0.186. The van der Waals surface area contributed by atoms with E-state index in [4.69, 9.17) is 0 Å².